The van der Waals surface area contributed by atoms with E-state index in [1.807, 2.05) is 6.07 Å². The molecule has 1 fully saturated rings. The van der Waals surface area contributed by atoms with Gasteiger partial charge in [-0.15, -0.1) is 0 Å². The van der Waals surface area contributed by atoms with Crippen LogP contribution in [0.15, 0.2) is 58.6 Å². The SMILES string of the molecule is COC(=O)c1ccc(CN2C(=O)N/C(=C\c3ccc(OCc4ccc(Cl)cc4Cl)c(I)c3)C2=O)o1. The zero-order valence-corrected chi connectivity index (χ0v) is 21.8. The molecular weight excluding hydrogens is 610 g/mol. The van der Waals surface area contributed by atoms with Gasteiger partial charge in [-0.3, -0.25) is 9.69 Å². The number of benzene rings is 2. The Morgan fingerprint density at radius 1 is 1.14 bits per heavy atom. The highest BCUT2D eigenvalue weighted by atomic mass is 127. The summed E-state index contributed by atoms with van der Waals surface area (Å²) in [6, 6.07) is 12.9. The van der Waals surface area contributed by atoms with Gasteiger partial charge in [-0.2, -0.15) is 0 Å². The zero-order chi connectivity index (χ0) is 25.1. The number of hydrogen-bond acceptors (Lipinski definition) is 6. The molecule has 4 rings (SSSR count). The Morgan fingerprint density at radius 2 is 1.94 bits per heavy atom. The molecule has 11 heteroatoms. The van der Waals surface area contributed by atoms with E-state index < -0.39 is 17.9 Å². The van der Waals surface area contributed by atoms with Gasteiger partial charge in [0, 0.05) is 15.6 Å². The minimum Gasteiger partial charge on any atom is -0.488 e. The molecule has 8 nitrogen and oxygen atoms in total. The summed E-state index contributed by atoms with van der Waals surface area (Å²) in [4.78, 5) is 37.7. The monoisotopic (exact) mass is 626 g/mol. The van der Waals surface area contributed by atoms with Crippen LogP contribution < -0.4 is 10.1 Å². The molecule has 0 radical (unpaired) electrons. The number of rotatable bonds is 7. The average Bonchev–Trinajstić information content (AvgIpc) is 3.39. The van der Waals surface area contributed by atoms with Crippen molar-refractivity contribution < 1.29 is 28.3 Å². The fourth-order valence-electron chi connectivity index (χ4n) is 3.23. The molecular formula is C24H17Cl2IN2O6. The maximum absolute atomic E-state index is 12.8. The van der Waals surface area contributed by atoms with E-state index in [2.05, 4.69) is 32.6 Å². The highest BCUT2D eigenvalue weighted by Gasteiger charge is 2.34. The summed E-state index contributed by atoms with van der Waals surface area (Å²) in [5.41, 5.74) is 1.61. The van der Waals surface area contributed by atoms with Crippen molar-refractivity contribution in [1.29, 1.82) is 0 Å². The fourth-order valence-corrected chi connectivity index (χ4v) is 4.39. The summed E-state index contributed by atoms with van der Waals surface area (Å²) in [5, 5.41) is 3.63. The first kappa shape index (κ1) is 25.1. The number of esters is 1. The molecule has 1 aromatic heterocycles. The Kier molecular flexibility index (Phi) is 7.68. The van der Waals surface area contributed by atoms with E-state index in [1.165, 1.54) is 19.2 Å². The molecule has 0 spiro atoms. The lowest BCUT2D eigenvalue weighted by atomic mass is 10.2. The number of halogens is 3. The second-order valence-electron chi connectivity index (χ2n) is 7.35. The Hall–Kier alpha value is -3.02. The molecule has 0 atom stereocenters. The second-order valence-corrected chi connectivity index (χ2v) is 9.36. The first-order valence-corrected chi connectivity index (χ1v) is 12.0. The van der Waals surface area contributed by atoms with E-state index in [0.717, 1.165) is 14.0 Å². The number of urea groups is 1. The standard InChI is InChI=1S/C24H17Cl2IN2O6/c1-33-23(31)21-7-5-16(35-21)11-29-22(30)19(28-24(29)32)9-13-2-6-20(18(27)8-13)34-12-14-3-4-15(25)10-17(14)26/h2-10H,11-12H2,1H3,(H,28,32)/b19-9-. The maximum Gasteiger partial charge on any atom is 0.373 e. The van der Waals surface area contributed by atoms with Crippen LogP contribution in [-0.4, -0.2) is 29.9 Å². The molecule has 3 aromatic rings. The number of imide groups is 1. The van der Waals surface area contributed by atoms with Gasteiger partial charge >= 0.3 is 12.0 Å². The molecule has 0 unspecified atom stereocenters. The van der Waals surface area contributed by atoms with Crippen molar-refractivity contribution in [1.82, 2.24) is 10.2 Å². The number of hydrogen-bond donors (Lipinski definition) is 1. The summed E-state index contributed by atoms with van der Waals surface area (Å²) in [6.45, 7) is 0.136. The Labute approximate surface area is 223 Å². The number of carbonyl (C=O) groups excluding carboxylic acids is 3. The minimum atomic E-state index is -0.646. The fraction of sp³-hybridized carbons (Fsp3) is 0.125. The molecule has 1 N–H and O–H groups in total. The quantitative estimate of drug-likeness (QED) is 0.158. The van der Waals surface area contributed by atoms with Gasteiger partial charge in [-0.05, 0) is 70.6 Å². The Morgan fingerprint density at radius 3 is 2.66 bits per heavy atom. The Bertz CT molecular complexity index is 1350. The van der Waals surface area contributed by atoms with Crippen LogP contribution in [-0.2, 0) is 22.7 Å². The van der Waals surface area contributed by atoms with Crippen LogP contribution in [0.4, 0.5) is 4.79 Å². The number of nitrogens with one attached hydrogen (secondary N) is 1. The molecule has 180 valence electrons. The van der Waals surface area contributed by atoms with Crippen molar-refractivity contribution in [2.24, 2.45) is 0 Å². The van der Waals surface area contributed by atoms with E-state index >= 15 is 0 Å². The third-order valence-corrected chi connectivity index (χ3v) is 6.42. The van der Waals surface area contributed by atoms with Crippen molar-refractivity contribution in [2.75, 3.05) is 7.11 Å². The summed E-state index contributed by atoms with van der Waals surface area (Å²) >= 11 is 14.2. The van der Waals surface area contributed by atoms with Crippen LogP contribution in [0.3, 0.4) is 0 Å². The van der Waals surface area contributed by atoms with Gasteiger partial charge in [-0.1, -0.05) is 35.3 Å². The molecule has 1 aliphatic heterocycles. The number of carbonyl (C=O) groups is 3. The summed E-state index contributed by atoms with van der Waals surface area (Å²) in [6.07, 6.45) is 1.57. The minimum absolute atomic E-state index is 0.0134. The molecule has 0 saturated carbocycles. The molecule has 3 amide bonds. The lowest BCUT2D eigenvalue weighted by molar-refractivity contribution is -0.123. The lowest BCUT2D eigenvalue weighted by Gasteiger charge is -2.10. The van der Waals surface area contributed by atoms with Crippen molar-refractivity contribution in [3.63, 3.8) is 0 Å². The molecule has 2 heterocycles. The van der Waals surface area contributed by atoms with Crippen molar-refractivity contribution in [3.05, 3.63) is 90.5 Å². The van der Waals surface area contributed by atoms with Crippen molar-refractivity contribution in [3.8, 4) is 5.75 Å². The van der Waals surface area contributed by atoms with Gasteiger partial charge in [0.15, 0.2) is 0 Å². The van der Waals surface area contributed by atoms with Gasteiger partial charge in [-0.25, -0.2) is 9.59 Å². The van der Waals surface area contributed by atoms with E-state index in [-0.39, 0.29) is 30.4 Å². The first-order chi connectivity index (χ1) is 16.7. The van der Waals surface area contributed by atoms with Gasteiger partial charge in [0.2, 0.25) is 5.76 Å². The lowest BCUT2D eigenvalue weighted by Crippen LogP contribution is -2.30. The Balaban J connectivity index is 1.44. The van der Waals surface area contributed by atoms with Gasteiger partial charge < -0.3 is 19.2 Å². The summed E-state index contributed by atoms with van der Waals surface area (Å²) in [5.74, 6) is -0.264. The number of furan rings is 1. The van der Waals surface area contributed by atoms with Crippen LogP contribution in [0.25, 0.3) is 6.08 Å². The van der Waals surface area contributed by atoms with E-state index in [1.54, 1.807) is 36.4 Å². The van der Waals surface area contributed by atoms with Crippen LogP contribution in [0.1, 0.15) is 27.4 Å². The summed E-state index contributed by atoms with van der Waals surface area (Å²) < 4.78 is 16.6. The normalized spacial score (nSPS) is 14.4. The third kappa shape index (κ3) is 5.80. The predicted octanol–water partition coefficient (Wildman–Crippen LogP) is 5.65. The van der Waals surface area contributed by atoms with Crippen LogP contribution in [0, 0.1) is 3.57 Å². The largest absolute Gasteiger partial charge is 0.488 e. The molecule has 1 aliphatic rings. The average molecular weight is 627 g/mol. The van der Waals surface area contributed by atoms with E-state index in [9.17, 15) is 14.4 Å². The molecule has 0 aliphatic carbocycles. The van der Waals surface area contributed by atoms with Gasteiger partial charge in [0.1, 0.15) is 23.8 Å². The van der Waals surface area contributed by atoms with Crippen LogP contribution in [0.5, 0.6) is 5.75 Å². The van der Waals surface area contributed by atoms with Crippen LogP contribution in [0.2, 0.25) is 10.0 Å². The predicted molar refractivity (Wildman–Crippen MR) is 137 cm³/mol. The van der Waals surface area contributed by atoms with Crippen molar-refractivity contribution in [2.45, 2.75) is 13.2 Å². The van der Waals surface area contributed by atoms with Crippen LogP contribution >= 0.6 is 45.8 Å². The maximum atomic E-state index is 12.8. The number of amides is 3. The second kappa shape index (κ2) is 10.7. The topological polar surface area (TPSA) is 98.1 Å². The molecule has 2 aromatic carbocycles. The third-order valence-electron chi connectivity index (χ3n) is 4.99. The van der Waals surface area contributed by atoms with Crippen molar-refractivity contribution >= 4 is 69.8 Å². The number of nitrogens with zero attached hydrogens (tertiary/aromatic N) is 1. The number of methoxy groups -OCH3 is 1. The zero-order valence-electron chi connectivity index (χ0n) is 18.1. The van der Waals surface area contributed by atoms with E-state index in [0.29, 0.717) is 21.4 Å². The molecule has 0 bridgehead atoms. The van der Waals surface area contributed by atoms with Gasteiger partial charge in [0.05, 0.1) is 17.2 Å². The number of ether oxygens (including phenoxy) is 2. The van der Waals surface area contributed by atoms with E-state index in [4.69, 9.17) is 32.4 Å². The highest BCUT2D eigenvalue weighted by molar-refractivity contribution is 14.1. The summed E-state index contributed by atoms with van der Waals surface area (Å²) in [7, 11) is 1.23. The molecule has 1 saturated heterocycles. The highest BCUT2D eigenvalue weighted by Crippen LogP contribution is 2.27. The smallest absolute Gasteiger partial charge is 0.373 e. The van der Waals surface area contributed by atoms with Gasteiger partial charge in [0.25, 0.3) is 5.91 Å². The molecule has 35 heavy (non-hydrogen) atoms. The first-order valence-electron chi connectivity index (χ1n) is 10.1.